The highest BCUT2D eigenvalue weighted by atomic mass is 19.4. The van der Waals surface area contributed by atoms with Crippen molar-refractivity contribution in [3.05, 3.63) is 77.3 Å². The molecule has 0 fully saturated rings. The van der Waals surface area contributed by atoms with Gasteiger partial charge in [-0.05, 0) is 68.7 Å². The molecule has 0 saturated carbocycles. The average Bonchev–Trinajstić information content (AvgIpc) is 3.33. The molecule has 0 bridgehead atoms. The molecule has 0 saturated heterocycles. The number of benzene rings is 2. The van der Waals surface area contributed by atoms with Crippen LogP contribution < -0.4 is 16.4 Å². The number of hydrogen-bond acceptors (Lipinski definition) is 7. The number of halogens is 5. The Balaban J connectivity index is 1.47. The van der Waals surface area contributed by atoms with Gasteiger partial charge in [-0.3, -0.25) is 4.40 Å². The molecule has 11 nitrogen and oxygen atoms in total. The minimum atomic E-state index is -4.77. The van der Waals surface area contributed by atoms with Crippen LogP contribution in [0.15, 0.2) is 48.8 Å². The van der Waals surface area contributed by atoms with Crippen LogP contribution in [0, 0.1) is 11.6 Å². The van der Waals surface area contributed by atoms with E-state index in [4.69, 9.17) is 15.2 Å². The van der Waals surface area contributed by atoms with Gasteiger partial charge in [-0.1, -0.05) is 12.1 Å². The lowest BCUT2D eigenvalue weighted by Crippen LogP contribution is -2.39. The third kappa shape index (κ3) is 7.17. The van der Waals surface area contributed by atoms with Crippen molar-refractivity contribution in [3.8, 4) is 11.1 Å². The van der Waals surface area contributed by atoms with Crippen molar-refractivity contribution in [1.29, 1.82) is 0 Å². The van der Waals surface area contributed by atoms with Crippen LogP contribution in [-0.2, 0) is 22.3 Å². The number of ether oxygens (including phenoxy) is 2. The summed E-state index contributed by atoms with van der Waals surface area (Å²) in [5, 5.41) is 12.2. The molecule has 0 radical (unpaired) electrons. The molecule has 0 spiro atoms. The van der Waals surface area contributed by atoms with Crippen LogP contribution in [0.5, 0.6) is 0 Å². The molecule has 5 rings (SSSR count). The van der Waals surface area contributed by atoms with E-state index < -0.39 is 46.8 Å². The Morgan fingerprint density at radius 1 is 1.02 bits per heavy atom. The largest absolute Gasteiger partial charge is 0.444 e. The summed E-state index contributed by atoms with van der Waals surface area (Å²) in [5.74, 6) is -1.96. The van der Waals surface area contributed by atoms with Gasteiger partial charge in [0.2, 0.25) is 0 Å². The second-order valence-electron chi connectivity index (χ2n) is 11.9. The summed E-state index contributed by atoms with van der Waals surface area (Å²) in [6, 6.07) is 4.26. The molecular formula is C32H32F5N7O4. The lowest BCUT2D eigenvalue weighted by atomic mass is 9.96. The van der Waals surface area contributed by atoms with Crippen LogP contribution in [0.3, 0.4) is 0 Å². The lowest BCUT2D eigenvalue weighted by Gasteiger charge is -2.29. The smallest absolute Gasteiger partial charge is 0.416 e. The number of aromatic nitrogens is 3. The van der Waals surface area contributed by atoms with Gasteiger partial charge >= 0.3 is 18.3 Å². The molecular weight excluding hydrogens is 641 g/mol. The second-order valence-corrected chi connectivity index (χ2v) is 11.9. The number of carbonyl (C=O) groups excluding carboxylic acids is 2. The fourth-order valence-corrected chi connectivity index (χ4v) is 5.36. The van der Waals surface area contributed by atoms with E-state index in [-0.39, 0.29) is 24.7 Å². The van der Waals surface area contributed by atoms with E-state index in [9.17, 15) is 27.2 Å². The zero-order valence-corrected chi connectivity index (χ0v) is 26.3. The Hall–Kier alpha value is -5.25. The summed E-state index contributed by atoms with van der Waals surface area (Å²) in [6.07, 6.45) is -1.41. The van der Waals surface area contributed by atoms with Gasteiger partial charge in [0.25, 0.3) is 0 Å². The van der Waals surface area contributed by atoms with Crippen molar-refractivity contribution in [2.24, 2.45) is 0 Å². The van der Waals surface area contributed by atoms with E-state index >= 15 is 4.39 Å². The molecule has 0 aliphatic carbocycles. The average molecular weight is 674 g/mol. The first-order chi connectivity index (χ1) is 22.6. The van der Waals surface area contributed by atoms with Gasteiger partial charge in [0.1, 0.15) is 23.6 Å². The van der Waals surface area contributed by atoms with E-state index in [1.165, 1.54) is 25.6 Å². The van der Waals surface area contributed by atoms with Gasteiger partial charge in [0.15, 0.2) is 5.82 Å². The van der Waals surface area contributed by atoms with Crippen molar-refractivity contribution in [2.75, 3.05) is 36.6 Å². The Morgan fingerprint density at radius 2 is 1.75 bits per heavy atom. The van der Waals surface area contributed by atoms with Crippen LogP contribution in [0.25, 0.3) is 22.2 Å². The van der Waals surface area contributed by atoms with Crippen molar-refractivity contribution in [2.45, 2.75) is 45.6 Å². The standard InChI is InChI=1S/C32H32F5N7O4/c1-31(2,3)48-30(46)43-11-9-17(10-12-43)26-20(15-47-4)25(27-28(38)42-39-16-44(26)27)18-5-8-23(22(34)13-18)40-29(45)41-24-14-19(32(35,36)37)6-7-21(24)33/h5-9,13-14,16H,10-12,15H2,1-4H3,(H2,38,42)(H2,40,41,45). The quantitative estimate of drug-likeness (QED) is 0.186. The molecule has 0 unspecified atom stereocenters. The molecule has 254 valence electrons. The van der Waals surface area contributed by atoms with Gasteiger partial charge < -0.3 is 30.7 Å². The zero-order chi connectivity index (χ0) is 35.0. The number of carbonyl (C=O) groups is 2. The highest BCUT2D eigenvalue weighted by Crippen LogP contribution is 2.41. The molecule has 16 heteroatoms. The van der Waals surface area contributed by atoms with Crippen molar-refractivity contribution in [3.63, 3.8) is 0 Å². The van der Waals surface area contributed by atoms with E-state index in [2.05, 4.69) is 15.5 Å². The minimum absolute atomic E-state index is 0.0491. The summed E-state index contributed by atoms with van der Waals surface area (Å²) >= 11 is 0. The first-order valence-electron chi connectivity index (χ1n) is 14.6. The first-order valence-corrected chi connectivity index (χ1v) is 14.6. The van der Waals surface area contributed by atoms with Gasteiger partial charge in [-0.2, -0.15) is 13.2 Å². The Labute approximate surface area is 271 Å². The van der Waals surface area contributed by atoms with Crippen molar-refractivity contribution in [1.82, 2.24) is 19.5 Å². The minimum Gasteiger partial charge on any atom is -0.444 e. The predicted octanol–water partition coefficient (Wildman–Crippen LogP) is 7.09. The number of nitrogens with zero attached hydrogens (tertiary/aromatic N) is 4. The number of amides is 3. The second kappa shape index (κ2) is 13.1. The number of nitrogens with one attached hydrogen (secondary N) is 2. The summed E-state index contributed by atoms with van der Waals surface area (Å²) in [7, 11) is 1.49. The van der Waals surface area contributed by atoms with Gasteiger partial charge in [-0.15, -0.1) is 10.2 Å². The maximum absolute atomic E-state index is 15.5. The molecule has 1 aliphatic heterocycles. The zero-order valence-electron chi connectivity index (χ0n) is 26.3. The van der Waals surface area contributed by atoms with Crippen LogP contribution in [0.2, 0.25) is 0 Å². The Kier molecular flexibility index (Phi) is 9.30. The van der Waals surface area contributed by atoms with E-state index in [1.54, 1.807) is 30.1 Å². The molecule has 3 amide bonds. The number of fused-ring (bicyclic) bond motifs is 1. The summed E-state index contributed by atoms with van der Waals surface area (Å²) < 4.78 is 81.6. The molecule has 48 heavy (non-hydrogen) atoms. The van der Waals surface area contributed by atoms with Crippen LogP contribution in [-0.4, -0.2) is 57.4 Å². The summed E-state index contributed by atoms with van der Waals surface area (Å²) in [6.45, 7) is 6.07. The molecule has 3 heterocycles. The maximum Gasteiger partial charge on any atom is 0.416 e. The highest BCUT2D eigenvalue weighted by Gasteiger charge is 2.32. The van der Waals surface area contributed by atoms with Gasteiger partial charge in [0, 0.05) is 31.3 Å². The Morgan fingerprint density at radius 3 is 2.38 bits per heavy atom. The number of methoxy groups -OCH3 is 1. The number of urea groups is 1. The van der Waals surface area contributed by atoms with Crippen LogP contribution in [0.1, 0.15) is 44.0 Å². The lowest BCUT2D eigenvalue weighted by molar-refractivity contribution is -0.137. The van der Waals surface area contributed by atoms with Crippen molar-refractivity contribution >= 4 is 40.4 Å². The van der Waals surface area contributed by atoms with Gasteiger partial charge in [-0.25, -0.2) is 18.4 Å². The normalized spacial score (nSPS) is 13.8. The van der Waals surface area contributed by atoms with Crippen LogP contribution in [0.4, 0.5) is 48.7 Å². The molecule has 0 atom stereocenters. The molecule has 2 aromatic heterocycles. The van der Waals surface area contributed by atoms with E-state index in [0.29, 0.717) is 59.1 Å². The third-order valence-corrected chi connectivity index (χ3v) is 7.38. The van der Waals surface area contributed by atoms with Gasteiger partial charge in [0.05, 0.1) is 34.8 Å². The Bertz CT molecular complexity index is 1920. The predicted molar refractivity (Wildman–Crippen MR) is 168 cm³/mol. The number of nitrogens with two attached hydrogens (primary N) is 1. The topological polar surface area (TPSA) is 136 Å². The number of hydrogen-bond donors (Lipinski definition) is 3. The van der Waals surface area contributed by atoms with Crippen LogP contribution >= 0.6 is 0 Å². The SMILES string of the molecule is COCc1c(-c2ccc(NC(=O)Nc3cc(C(F)(F)F)ccc3F)c(F)c2)c2c(N)nncn2c1C1=CCN(C(=O)OC(C)(C)C)CC1. The highest BCUT2D eigenvalue weighted by molar-refractivity contribution is 6.00. The molecule has 4 N–H and O–H groups in total. The van der Waals surface area contributed by atoms with E-state index in [1.807, 2.05) is 11.4 Å². The van der Waals surface area contributed by atoms with E-state index in [0.717, 1.165) is 11.6 Å². The maximum atomic E-state index is 15.5. The summed E-state index contributed by atoms with van der Waals surface area (Å²) in [4.78, 5) is 26.8. The molecule has 4 aromatic rings. The fourth-order valence-electron chi connectivity index (χ4n) is 5.36. The molecule has 1 aliphatic rings. The number of nitrogen functional groups attached to an aromatic ring is 1. The fraction of sp³-hybridized carbons (Fsp3) is 0.312. The monoisotopic (exact) mass is 673 g/mol. The number of rotatable bonds is 6. The third-order valence-electron chi connectivity index (χ3n) is 7.38. The summed E-state index contributed by atoms with van der Waals surface area (Å²) in [5.41, 5.74) is 6.81. The first kappa shape index (κ1) is 34.1. The number of alkyl halides is 3. The molecule has 2 aromatic carbocycles. The van der Waals surface area contributed by atoms with Crippen molar-refractivity contribution < 1.29 is 41.0 Å². The number of anilines is 3.